The van der Waals surface area contributed by atoms with Crippen molar-refractivity contribution in [2.45, 2.75) is 31.9 Å². The van der Waals surface area contributed by atoms with Crippen LogP contribution in [0.2, 0.25) is 0 Å². The zero-order valence-corrected chi connectivity index (χ0v) is 14.8. The number of urea groups is 1. The number of fused-ring (bicyclic) bond motifs is 1. The van der Waals surface area contributed by atoms with Gasteiger partial charge in [-0.2, -0.15) is 0 Å². The molecule has 5 heteroatoms. The lowest BCUT2D eigenvalue weighted by molar-refractivity contribution is 0.0679. The molecule has 0 saturated carbocycles. The van der Waals surface area contributed by atoms with Crippen LogP contribution in [0.1, 0.15) is 24.0 Å². The first kappa shape index (κ1) is 16.9. The maximum Gasteiger partial charge on any atom is 0.322 e. The lowest BCUT2D eigenvalue weighted by atomic mass is 10.0. The number of ether oxygens (including phenoxy) is 2. The summed E-state index contributed by atoms with van der Waals surface area (Å²) in [5.74, 6) is 0.797. The summed E-state index contributed by atoms with van der Waals surface area (Å²) in [5.41, 5.74) is 3.34. The number of nitrogens with zero attached hydrogens (tertiary/aromatic N) is 1. The third kappa shape index (κ3) is 3.99. The van der Waals surface area contributed by atoms with Crippen LogP contribution >= 0.6 is 0 Å². The van der Waals surface area contributed by atoms with Gasteiger partial charge in [0.15, 0.2) is 0 Å². The van der Waals surface area contributed by atoms with Crippen molar-refractivity contribution in [1.82, 2.24) is 4.90 Å². The first-order chi connectivity index (χ1) is 12.8. The second-order valence-electron chi connectivity index (χ2n) is 6.84. The van der Waals surface area contributed by atoms with Gasteiger partial charge >= 0.3 is 6.03 Å². The Morgan fingerprint density at radius 3 is 2.73 bits per heavy atom. The molecule has 2 aliphatic rings. The molecular weight excluding hydrogens is 328 g/mol. The van der Waals surface area contributed by atoms with Crippen molar-refractivity contribution < 1.29 is 14.3 Å². The Hall–Kier alpha value is -2.53. The maximum absolute atomic E-state index is 12.5. The summed E-state index contributed by atoms with van der Waals surface area (Å²) in [6.45, 7) is 2.81. The molecule has 5 nitrogen and oxygen atoms in total. The minimum absolute atomic E-state index is 0.0625. The molecule has 0 aromatic heterocycles. The minimum Gasteiger partial charge on any atom is -0.491 e. The monoisotopic (exact) mass is 352 g/mol. The van der Waals surface area contributed by atoms with E-state index in [1.54, 1.807) is 0 Å². The fraction of sp³-hybridized carbons (Fsp3) is 0.381. The summed E-state index contributed by atoms with van der Waals surface area (Å²) in [6, 6.07) is 15.8. The largest absolute Gasteiger partial charge is 0.491 e. The molecule has 0 spiro atoms. The predicted octanol–water partition coefficient (Wildman–Crippen LogP) is 3.83. The number of amides is 2. The van der Waals surface area contributed by atoms with Crippen LogP contribution < -0.4 is 10.1 Å². The molecule has 4 rings (SSSR count). The fourth-order valence-corrected chi connectivity index (χ4v) is 3.47. The van der Waals surface area contributed by atoms with Crippen molar-refractivity contribution >= 4 is 11.7 Å². The Bertz CT molecular complexity index is 754. The summed E-state index contributed by atoms with van der Waals surface area (Å²) < 4.78 is 11.3. The Morgan fingerprint density at radius 1 is 1.15 bits per heavy atom. The smallest absolute Gasteiger partial charge is 0.322 e. The lowest BCUT2D eigenvalue weighted by Gasteiger charge is -2.29. The van der Waals surface area contributed by atoms with Gasteiger partial charge in [-0.15, -0.1) is 0 Å². The van der Waals surface area contributed by atoms with Crippen LogP contribution in [-0.4, -0.2) is 36.8 Å². The highest BCUT2D eigenvalue weighted by Crippen LogP contribution is 2.21. The second kappa shape index (κ2) is 7.79. The van der Waals surface area contributed by atoms with Crippen molar-refractivity contribution in [2.24, 2.45) is 0 Å². The molecule has 2 aliphatic heterocycles. The molecule has 1 saturated heterocycles. The molecule has 136 valence electrons. The van der Waals surface area contributed by atoms with Crippen LogP contribution in [0.5, 0.6) is 5.75 Å². The zero-order chi connectivity index (χ0) is 17.8. The molecule has 0 unspecified atom stereocenters. The quantitative estimate of drug-likeness (QED) is 0.910. The molecule has 1 atom stereocenters. The van der Waals surface area contributed by atoms with E-state index in [2.05, 4.69) is 23.5 Å². The third-order valence-corrected chi connectivity index (χ3v) is 4.98. The van der Waals surface area contributed by atoms with Gasteiger partial charge in [0.25, 0.3) is 0 Å². The normalized spacial score (nSPS) is 19.1. The Balaban J connectivity index is 1.30. The zero-order valence-electron chi connectivity index (χ0n) is 14.8. The van der Waals surface area contributed by atoms with E-state index >= 15 is 0 Å². The van der Waals surface area contributed by atoms with Crippen LogP contribution in [0.25, 0.3) is 0 Å². The van der Waals surface area contributed by atoms with E-state index < -0.39 is 0 Å². The molecule has 0 radical (unpaired) electrons. The Morgan fingerprint density at radius 2 is 1.96 bits per heavy atom. The number of hydrogen-bond donors (Lipinski definition) is 1. The topological polar surface area (TPSA) is 50.8 Å². The first-order valence-electron chi connectivity index (χ1n) is 9.25. The van der Waals surface area contributed by atoms with Crippen LogP contribution in [0.15, 0.2) is 48.5 Å². The highest BCUT2D eigenvalue weighted by atomic mass is 16.5. The molecule has 1 fully saturated rings. The average Bonchev–Trinajstić information content (AvgIpc) is 3.21. The maximum atomic E-state index is 12.5. The van der Waals surface area contributed by atoms with E-state index in [9.17, 15) is 4.79 Å². The van der Waals surface area contributed by atoms with Crippen LogP contribution in [-0.2, 0) is 17.7 Å². The number of carbonyl (C=O) groups is 1. The van der Waals surface area contributed by atoms with Gasteiger partial charge < -0.3 is 19.7 Å². The average molecular weight is 352 g/mol. The van der Waals surface area contributed by atoms with Crippen molar-refractivity contribution in [3.63, 3.8) is 0 Å². The number of nitrogens with one attached hydrogen (secondary N) is 1. The van der Waals surface area contributed by atoms with Gasteiger partial charge in [0.05, 0.1) is 6.10 Å². The summed E-state index contributed by atoms with van der Waals surface area (Å²) in [7, 11) is 0. The van der Waals surface area contributed by atoms with Crippen LogP contribution in [0, 0.1) is 0 Å². The highest BCUT2D eigenvalue weighted by molar-refractivity contribution is 5.89. The van der Waals surface area contributed by atoms with Crippen LogP contribution in [0.4, 0.5) is 10.5 Å². The Kier molecular flexibility index (Phi) is 5.07. The van der Waals surface area contributed by atoms with Crippen molar-refractivity contribution in [1.29, 1.82) is 0 Å². The van der Waals surface area contributed by atoms with Crippen molar-refractivity contribution in [2.75, 3.05) is 25.1 Å². The van der Waals surface area contributed by atoms with E-state index in [0.717, 1.165) is 43.9 Å². The summed E-state index contributed by atoms with van der Waals surface area (Å²) in [5, 5.41) is 2.97. The molecule has 2 aromatic rings. The first-order valence-corrected chi connectivity index (χ1v) is 9.25. The molecule has 0 aliphatic carbocycles. The lowest BCUT2D eigenvalue weighted by Crippen LogP contribution is -2.38. The van der Waals surface area contributed by atoms with E-state index in [1.165, 1.54) is 11.1 Å². The van der Waals surface area contributed by atoms with Crippen molar-refractivity contribution in [3.8, 4) is 5.75 Å². The van der Waals surface area contributed by atoms with Gasteiger partial charge in [0.1, 0.15) is 12.4 Å². The van der Waals surface area contributed by atoms with E-state index in [-0.39, 0.29) is 12.1 Å². The van der Waals surface area contributed by atoms with E-state index in [0.29, 0.717) is 13.2 Å². The van der Waals surface area contributed by atoms with Crippen LogP contribution in [0.3, 0.4) is 0 Å². The molecule has 2 aromatic carbocycles. The molecule has 2 heterocycles. The number of anilines is 1. The summed E-state index contributed by atoms with van der Waals surface area (Å²) >= 11 is 0. The van der Waals surface area contributed by atoms with Gasteiger partial charge in [0.2, 0.25) is 0 Å². The third-order valence-electron chi connectivity index (χ3n) is 4.98. The number of hydrogen-bond acceptors (Lipinski definition) is 3. The second-order valence-corrected chi connectivity index (χ2v) is 6.84. The van der Waals surface area contributed by atoms with Gasteiger partial charge in [0, 0.05) is 25.4 Å². The molecule has 1 N–H and O–H groups in total. The van der Waals surface area contributed by atoms with Crippen molar-refractivity contribution in [3.05, 3.63) is 59.7 Å². The molecular formula is C21H24N2O3. The van der Waals surface area contributed by atoms with Gasteiger partial charge in [-0.05, 0) is 54.7 Å². The highest BCUT2D eigenvalue weighted by Gasteiger charge is 2.20. The minimum atomic E-state index is -0.0625. The summed E-state index contributed by atoms with van der Waals surface area (Å²) in [4.78, 5) is 14.4. The van der Waals surface area contributed by atoms with E-state index in [4.69, 9.17) is 9.47 Å². The molecule has 2 amide bonds. The predicted molar refractivity (Wildman–Crippen MR) is 100 cm³/mol. The van der Waals surface area contributed by atoms with Gasteiger partial charge in [-0.25, -0.2) is 4.79 Å². The SMILES string of the molecule is O=C(Nc1ccc(OC[C@@H]2CCCO2)cc1)N1CCc2ccccc2C1. The number of carbonyl (C=O) groups excluding carboxylic acids is 1. The molecule has 0 bridgehead atoms. The van der Waals surface area contributed by atoms with Gasteiger partial charge in [-0.3, -0.25) is 0 Å². The number of rotatable bonds is 4. The fourth-order valence-electron chi connectivity index (χ4n) is 3.47. The summed E-state index contributed by atoms with van der Waals surface area (Å²) in [6.07, 6.45) is 3.28. The number of benzene rings is 2. The van der Waals surface area contributed by atoms with E-state index in [1.807, 2.05) is 35.2 Å². The molecule has 26 heavy (non-hydrogen) atoms. The standard InChI is InChI=1S/C21H24N2O3/c24-21(23-12-11-16-4-1-2-5-17(16)14-23)22-18-7-9-19(10-8-18)26-15-20-6-3-13-25-20/h1-2,4-5,7-10,20H,3,6,11-15H2,(H,22,24)/t20-/m0/s1. The Labute approximate surface area is 153 Å². The van der Waals surface area contributed by atoms with Gasteiger partial charge in [-0.1, -0.05) is 24.3 Å².